The molecule has 8 nitrogen and oxygen atoms in total. The summed E-state index contributed by atoms with van der Waals surface area (Å²) in [5.41, 5.74) is 5.04. The van der Waals surface area contributed by atoms with Crippen LogP contribution in [-0.4, -0.2) is 61.7 Å². The molecular weight excluding hydrogens is 446 g/mol. The van der Waals surface area contributed by atoms with Gasteiger partial charge in [0.15, 0.2) is 5.01 Å². The largest absolute Gasteiger partial charge is 0.346 e. The lowest BCUT2D eigenvalue weighted by Gasteiger charge is -2.26. The lowest BCUT2D eigenvalue weighted by atomic mass is 10.1. The van der Waals surface area contributed by atoms with E-state index < -0.39 is 0 Å². The molecule has 1 saturated heterocycles. The van der Waals surface area contributed by atoms with Crippen molar-refractivity contribution in [1.82, 2.24) is 34.9 Å². The molecule has 1 fully saturated rings. The summed E-state index contributed by atoms with van der Waals surface area (Å²) in [5.74, 6) is -0.0000454. The molecule has 34 heavy (non-hydrogen) atoms. The number of carbonyl (C=O) groups is 1. The summed E-state index contributed by atoms with van der Waals surface area (Å²) in [6, 6.07) is 12.4. The average Bonchev–Trinajstić information content (AvgIpc) is 3.64. The van der Waals surface area contributed by atoms with Crippen molar-refractivity contribution in [2.75, 3.05) is 26.2 Å². The van der Waals surface area contributed by atoms with Gasteiger partial charge in [-0.3, -0.25) is 9.48 Å². The summed E-state index contributed by atoms with van der Waals surface area (Å²) in [5, 5.41) is 9.36. The first-order valence-electron chi connectivity index (χ1n) is 11.2. The number of fused-ring (bicyclic) bond motifs is 1. The molecule has 0 unspecified atom stereocenters. The SMILES string of the molecule is O=C(c1ncc(-c2cnc3[nH]cc(-c4cnn(Cc5ccccc5)c4)c3c2)s1)N1CCNCC1. The Bertz CT molecular complexity index is 1450. The number of nitrogens with zero attached hydrogens (tertiary/aromatic N) is 5. The molecule has 0 bridgehead atoms. The number of nitrogens with one attached hydrogen (secondary N) is 2. The van der Waals surface area contributed by atoms with Gasteiger partial charge in [0.1, 0.15) is 5.65 Å². The second kappa shape index (κ2) is 8.85. The molecule has 1 amide bonds. The number of carbonyl (C=O) groups excluding carboxylic acids is 1. The zero-order chi connectivity index (χ0) is 22.9. The lowest BCUT2D eigenvalue weighted by Crippen LogP contribution is -2.46. The molecule has 9 heteroatoms. The highest BCUT2D eigenvalue weighted by Crippen LogP contribution is 2.33. The minimum Gasteiger partial charge on any atom is -0.346 e. The van der Waals surface area contributed by atoms with Crippen molar-refractivity contribution in [3.8, 4) is 21.6 Å². The number of benzene rings is 1. The fourth-order valence-corrected chi connectivity index (χ4v) is 5.11. The Morgan fingerprint density at radius 2 is 1.88 bits per heavy atom. The molecule has 0 spiro atoms. The van der Waals surface area contributed by atoms with Crippen molar-refractivity contribution in [1.29, 1.82) is 0 Å². The van der Waals surface area contributed by atoms with Gasteiger partial charge in [0.25, 0.3) is 5.91 Å². The lowest BCUT2D eigenvalue weighted by molar-refractivity contribution is 0.0735. The monoisotopic (exact) mass is 469 g/mol. The average molecular weight is 470 g/mol. The van der Waals surface area contributed by atoms with Crippen molar-refractivity contribution < 1.29 is 4.79 Å². The Labute approximate surface area is 200 Å². The van der Waals surface area contributed by atoms with Gasteiger partial charge in [-0.1, -0.05) is 30.3 Å². The number of aromatic nitrogens is 5. The van der Waals surface area contributed by atoms with Crippen molar-refractivity contribution in [3.63, 3.8) is 0 Å². The van der Waals surface area contributed by atoms with Gasteiger partial charge in [-0.05, 0) is 11.6 Å². The summed E-state index contributed by atoms with van der Waals surface area (Å²) in [7, 11) is 0. The number of aromatic amines is 1. The third-order valence-corrected chi connectivity index (χ3v) is 7.07. The number of pyridine rings is 1. The number of piperazine rings is 1. The molecule has 1 aliphatic heterocycles. The second-order valence-corrected chi connectivity index (χ2v) is 9.34. The van der Waals surface area contributed by atoms with E-state index in [1.165, 1.54) is 16.9 Å². The van der Waals surface area contributed by atoms with Crippen LogP contribution in [0, 0.1) is 0 Å². The topological polar surface area (TPSA) is 91.7 Å². The van der Waals surface area contributed by atoms with Gasteiger partial charge in [0.2, 0.25) is 0 Å². The molecule has 4 aromatic heterocycles. The van der Waals surface area contributed by atoms with E-state index >= 15 is 0 Å². The first-order chi connectivity index (χ1) is 16.7. The Balaban J connectivity index is 1.27. The molecular formula is C25H23N7OS. The number of hydrogen-bond acceptors (Lipinski definition) is 6. The minimum atomic E-state index is -0.0000454. The van der Waals surface area contributed by atoms with E-state index in [1.807, 2.05) is 46.4 Å². The molecule has 0 saturated carbocycles. The van der Waals surface area contributed by atoms with E-state index in [0.717, 1.165) is 52.2 Å². The predicted octanol–water partition coefficient (Wildman–Crippen LogP) is 3.64. The Kier molecular flexibility index (Phi) is 5.40. The van der Waals surface area contributed by atoms with Crippen LogP contribution >= 0.6 is 11.3 Å². The number of hydrogen-bond donors (Lipinski definition) is 2. The number of thiazole rings is 1. The maximum atomic E-state index is 12.8. The van der Waals surface area contributed by atoms with Crippen LogP contribution < -0.4 is 5.32 Å². The van der Waals surface area contributed by atoms with Crippen LogP contribution in [0.2, 0.25) is 0 Å². The Hall–Kier alpha value is -3.82. The molecule has 5 heterocycles. The molecule has 0 radical (unpaired) electrons. The van der Waals surface area contributed by atoms with Gasteiger partial charge in [-0.2, -0.15) is 5.10 Å². The third kappa shape index (κ3) is 4.00. The Morgan fingerprint density at radius 3 is 2.74 bits per heavy atom. The van der Waals surface area contributed by atoms with E-state index in [2.05, 4.69) is 49.8 Å². The zero-order valence-corrected chi connectivity index (χ0v) is 19.3. The van der Waals surface area contributed by atoms with Crippen molar-refractivity contribution in [2.45, 2.75) is 6.54 Å². The maximum absolute atomic E-state index is 12.8. The van der Waals surface area contributed by atoms with Crippen LogP contribution in [0.1, 0.15) is 15.4 Å². The van der Waals surface area contributed by atoms with Gasteiger partial charge in [-0.15, -0.1) is 11.3 Å². The van der Waals surface area contributed by atoms with Crippen LogP contribution in [0.25, 0.3) is 32.6 Å². The summed E-state index contributed by atoms with van der Waals surface area (Å²) in [6.07, 6.45) is 9.51. The number of rotatable bonds is 5. The van der Waals surface area contributed by atoms with Gasteiger partial charge >= 0.3 is 0 Å². The third-order valence-electron chi connectivity index (χ3n) is 6.04. The van der Waals surface area contributed by atoms with E-state index in [0.29, 0.717) is 18.1 Å². The van der Waals surface area contributed by atoms with Crippen LogP contribution in [0.4, 0.5) is 0 Å². The molecule has 6 rings (SSSR count). The summed E-state index contributed by atoms with van der Waals surface area (Å²) in [4.78, 5) is 27.9. The second-order valence-electron chi connectivity index (χ2n) is 8.31. The van der Waals surface area contributed by atoms with Gasteiger partial charge in [-0.25, -0.2) is 9.97 Å². The van der Waals surface area contributed by atoms with Crippen LogP contribution in [0.15, 0.2) is 67.4 Å². The molecule has 170 valence electrons. The van der Waals surface area contributed by atoms with Crippen molar-refractivity contribution in [2.24, 2.45) is 0 Å². The van der Waals surface area contributed by atoms with Crippen LogP contribution in [0.3, 0.4) is 0 Å². The molecule has 1 aliphatic rings. The maximum Gasteiger partial charge on any atom is 0.282 e. The highest BCUT2D eigenvalue weighted by molar-refractivity contribution is 7.17. The predicted molar refractivity (Wildman–Crippen MR) is 133 cm³/mol. The number of H-pyrrole nitrogens is 1. The van der Waals surface area contributed by atoms with E-state index in [9.17, 15) is 4.79 Å². The van der Waals surface area contributed by atoms with Crippen LogP contribution in [0.5, 0.6) is 0 Å². The normalized spacial score (nSPS) is 14.1. The van der Waals surface area contributed by atoms with Gasteiger partial charge in [0, 0.05) is 73.0 Å². The molecule has 5 aromatic rings. The van der Waals surface area contributed by atoms with E-state index in [4.69, 9.17) is 0 Å². The summed E-state index contributed by atoms with van der Waals surface area (Å²) in [6.45, 7) is 3.79. The fraction of sp³-hybridized carbons (Fsp3) is 0.200. The van der Waals surface area contributed by atoms with E-state index in [1.54, 1.807) is 6.20 Å². The standard InChI is InChI=1S/C25H23N7OS/c33-25(31-8-6-26-7-9-31)24-29-14-22(34-24)18-10-20-21(13-28-23(20)27-11-18)19-12-30-32(16-19)15-17-4-2-1-3-5-17/h1-5,10-14,16,26H,6-9,15H2,(H,27,28). The smallest absolute Gasteiger partial charge is 0.282 e. The first kappa shape index (κ1) is 20.8. The zero-order valence-electron chi connectivity index (χ0n) is 18.4. The van der Waals surface area contributed by atoms with Crippen molar-refractivity contribution in [3.05, 3.63) is 78.0 Å². The summed E-state index contributed by atoms with van der Waals surface area (Å²) >= 11 is 1.42. The van der Waals surface area contributed by atoms with E-state index in [-0.39, 0.29) is 5.91 Å². The molecule has 1 aromatic carbocycles. The van der Waals surface area contributed by atoms with Gasteiger partial charge < -0.3 is 15.2 Å². The summed E-state index contributed by atoms with van der Waals surface area (Å²) < 4.78 is 1.94. The molecule has 0 aliphatic carbocycles. The number of amides is 1. The highest BCUT2D eigenvalue weighted by Gasteiger charge is 2.21. The molecule has 0 atom stereocenters. The van der Waals surface area contributed by atoms with Crippen molar-refractivity contribution >= 4 is 28.3 Å². The minimum absolute atomic E-state index is 0.0000454. The molecule has 2 N–H and O–H groups in total. The van der Waals surface area contributed by atoms with Gasteiger partial charge in [0.05, 0.1) is 17.6 Å². The van der Waals surface area contributed by atoms with Crippen LogP contribution in [-0.2, 0) is 6.54 Å². The first-order valence-corrected chi connectivity index (χ1v) is 12.1. The highest BCUT2D eigenvalue weighted by atomic mass is 32.1. The quantitative estimate of drug-likeness (QED) is 0.410. The Morgan fingerprint density at radius 1 is 1.03 bits per heavy atom. The fourth-order valence-electron chi connectivity index (χ4n) is 4.25.